The van der Waals surface area contributed by atoms with Crippen molar-refractivity contribution in [2.75, 3.05) is 0 Å². The minimum absolute atomic E-state index is 0.0692. The van der Waals surface area contributed by atoms with E-state index >= 15 is 0 Å². The van der Waals surface area contributed by atoms with Crippen LogP contribution >= 0.6 is 11.6 Å². The van der Waals surface area contributed by atoms with Crippen LogP contribution in [0.25, 0.3) is 17.2 Å². The third-order valence-electron chi connectivity index (χ3n) is 3.31. The lowest BCUT2D eigenvalue weighted by atomic mass is 10.3. The first-order valence-corrected chi connectivity index (χ1v) is 7.67. The van der Waals surface area contributed by atoms with Crippen molar-refractivity contribution in [1.29, 1.82) is 0 Å². The molecule has 0 aliphatic heterocycles. The molecule has 3 aromatic rings. The second-order valence-electron chi connectivity index (χ2n) is 5.19. The molecule has 0 spiro atoms. The number of nitrogens with zero attached hydrogens (tertiary/aromatic N) is 4. The second-order valence-corrected chi connectivity index (χ2v) is 5.62. The number of aromatic nitrogens is 4. The normalized spacial score (nSPS) is 12.0. The zero-order valence-electron chi connectivity index (χ0n) is 13.2. The molecule has 0 radical (unpaired) electrons. The van der Waals surface area contributed by atoms with Gasteiger partial charge in [-0.2, -0.15) is 4.98 Å². The predicted molar refractivity (Wildman–Crippen MR) is 87.2 cm³/mol. The van der Waals surface area contributed by atoms with Crippen molar-refractivity contribution in [2.24, 2.45) is 0 Å². The Kier molecular flexibility index (Phi) is 4.81. The highest BCUT2D eigenvalue weighted by Crippen LogP contribution is 2.25. The Morgan fingerprint density at radius 1 is 1.31 bits per heavy atom. The van der Waals surface area contributed by atoms with Crippen LogP contribution in [0.2, 0.25) is 5.02 Å². The first-order valence-electron chi connectivity index (χ1n) is 7.29. The molecule has 1 aromatic carbocycles. The molecule has 26 heavy (non-hydrogen) atoms. The Balaban J connectivity index is 2.12. The van der Waals surface area contributed by atoms with Crippen molar-refractivity contribution in [3.05, 3.63) is 53.2 Å². The lowest BCUT2D eigenvalue weighted by Gasteiger charge is -2.06. The summed E-state index contributed by atoms with van der Waals surface area (Å²) in [6, 6.07) is 5.69. The Bertz CT molecular complexity index is 963. The van der Waals surface area contributed by atoms with Gasteiger partial charge in [0.1, 0.15) is 17.2 Å². The van der Waals surface area contributed by atoms with Crippen LogP contribution in [-0.4, -0.2) is 36.9 Å². The molecule has 0 fully saturated rings. The predicted octanol–water partition coefficient (Wildman–Crippen LogP) is 3.11. The number of carboxylic acids is 1. The Hall–Kier alpha value is -3.07. The van der Waals surface area contributed by atoms with E-state index in [9.17, 15) is 13.6 Å². The molecule has 0 amide bonds. The van der Waals surface area contributed by atoms with E-state index in [0.717, 1.165) is 10.7 Å². The Morgan fingerprint density at radius 2 is 2.08 bits per heavy atom. The van der Waals surface area contributed by atoms with E-state index in [0.29, 0.717) is 11.1 Å². The maximum atomic E-state index is 14.2. The molecule has 1 atom stereocenters. The largest absolute Gasteiger partial charge is 0.479 e. The number of hydrogen-bond acceptors (Lipinski definition) is 5. The molecule has 0 saturated heterocycles. The maximum absolute atomic E-state index is 14.2. The minimum Gasteiger partial charge on any atom is -0.479 e. The smallest absolute Gasteiger partial charge is 0.344 e. The average molecular weight is 381 g/mol. The molecule has 134 valence electrons. The number of rotatable bonds is 5. The van der Waals surface area contributed by atoms with Crippen LogP contribution in [0.3, 0.4) is 0 Å². The van der Waals surface area contributed by atoms with Crippen LogP contribution in [0.5, 0.6) is 6.01 Å². The van der Waals surface area contributed by atoms with Gasteiger partial charge in [0.25, 0.3) is 0 Å². The molecule has 0 bridgehead atoms. The van der Waals surface area contributed by atoms with E-state index in [1.54, 1.807) is 6.07 Å². The fraction of sp³-hybridized carbons (Fsp3) is 0.125. The van der Waals surface area contributed by atoms with E-state index in [1.807, 2.05) is 0 Å². The quantitative estimate of drug-likeness (QED) is 0.731. The van der Waals surface area contributed by atoms with Gasteiger partial charge in [0.05, 0.1) is 5.02 Å². The van der Waals surface area contributed by atoms with E-state index in [-0.39, 0.29) is 23.2 Å². The summed E-state index contributed by atoms with van der Waals surface area (Å²) >= 11 is 5.81. The summed E-state index contributed by atoms with van der Waals surface area (Å²) in [6.45, 7) is 1.29. The number of carbonyl (C=O) groups is 1. The van der Waals surface area contributed by atoms with Gasteiger partial charge < -0.3 is 9.84 Å². The minimum atomic E-state index is -1.23. The van der Waals surface area contributed by atoms with Crippen LogP contribution in [0.15, 0.2) is 36.5 Å². The number of ether oxygens (including phenoxy) is 1. The van der Waals surface area contributed by atoms with E-state index in [1.165, 1.54) is 25.3 Å². The SMILES string of the molecule is CC(Oc1nc(-c2ccc(Cl)cn2)n(-c2ccc(F)cc2F)n1)C(=O)O. The van der Waals surface area contributed by atoms with Crippen LogP contribution in [0.4, 0.5) is 8.78 Å². The monoisotopic (exact) mass is 380 g/mol. The molecular weight excluding hydrogens is 370 g/mol. The van der Waals surface area contributed by atoms with Gasteiger partial charge in [-0.05, 0) is 31.2 Å². The molecule has 2 heterocycles. The number of carboxylic acid groups (broad SMARTS) is 1. The summed E-state index contributed by atoms with van der Waals surface area (Å²) in [7, 11) is 0. The summed E-state index contributed by atoms with van der Waals surface area (Å²) in [5, 5.41) is 13.3. The number of aliphatic carboxylic acids is 1. The van der Waals surface area contributed by atoms with Gasteiger partial charge in [0.15, 0.2) is 17.7 Å². The summed E-state index contributed by atoms with van der Waals surface area (Å²) < 4.78 is 33.6. The van der Waals surface area contributed by atoms with Crippen LogP contribution in [0, 0.1) is 11.6 Å². The maximum Gasteiger partial charge on any atom is 0.344 e. The first kappa shape index (κ1) is 17.7. The summed E-state index contributed by atoms with van der Waals surface area (Å²) in [6.07, 6.45) is 0.132. The summed E-state index contributed by atoms with van der Waals surface area (Å²) in [4.78, 5) is 19.1. The van der Waals surface area contributed by atoms with Crippen molar-refractivity contribution in [1.82, 2.24) is 19.7 Å². The third-order valence-corrected chi connectivity index (χ3v) is 3.54. The van der Waals surface area contributed by atoms with Crippen molar-refractivity contribution < 1.29 is 23.4 Å². The Morgan fingerprint density at radius 3 is 2.69 bits per heavy atom. The topological polar surface area (TPSA) is 90.1 Å². The summed E-state index contributed by atoms with van der Waals surface area (Å²) in [5.41, 5.74) is 0.173. The van der Waals surface area contributed by atoms with Gasteiger partial charge in [-0.3, -0.25) is 4.98 Å². The molecule has 7 nitrogen and oxygen atoms in total. The highest BCUT2D eigenvalue weighted by Gasteiger charge is 2.21. The number of hydrogen-bond donors (Lipinski definition) is 1. The number of pyridine rings is 1. The highest BCUT2D eigenvalue weighted by molar-refractivity contribution is 6.30. The molecule has 1 N–H and O–H groups in total. The lowest BCUT2D eigenvalue weighted by Crippen LogP contribution is -2.23. The van der Waals surface area contributed by atoms with Gasteiger partial charge >= 0.3 is 12.0 Å². The molecule has 3 rings (SSSR count). The van der Waals surface area contributed by atoms with Crippen molar-refractivity contribution in [3.63, 3.8) is 0 Å². The molecule has 1 unspecified atom stereocenters. The van der Waals surface area contributed by atoms with Gasteiger partial charge in [0, 0.05) is 12.3 Å². The molecule has 0 aliphatic rings. The van der Waals surface area contributed by atoms with Gasteiger partial charge in [-0.25, -0.2) is 18.3 Å². The number of halogens is 3. The molecule has 0 aliphatic carbocycles. The van der Waals surface area contributed by atoms with E-state index < -0.39 is 23.7 Å². The van der Waals surface area contributed by atoms with Crippen LogP contribution < -0.4 is 4.74 Å². The zero-order chi connectivity index (χ0) is 18.8. The van der Waals surface area contributed by atoms with Crippen LogP contribution in [0.1, 0.15) is 6.92 Å². The molecule has 10 heteroatoms. The highest BCUT2D eigenvalue weighted by atomic mass is 35.5. The van der Waals surface area contributed by atoms with Gasteiger partial charge in [-0.1, -0.05) is 11.6 Å². The molecular formula is C16H11ClF2N4O3. The second kappa shape index (κ2) is 7.04. The summed E-state index contributed by atoms with van der Waals surface area (Å²) in [5.74, 6) is -2.79. The van der Waals surface area contributed by atoms with Gasteiger partial charge in [-0.15, -0.1) is 5.10 Å². The number of benzene rings is 1. The van der Waals surface area contributed by atoms with E-state index in [4.69, 9.17) is 21.4 Å². The standard InChI is InChI=1S/C16H11ClF2N4O3/c1-8(15(24)25)26-16-21-14(12-4-2-9(17)7-20-12)23(22-16)13-5-3-10(18)6-11(13)19/h2-8H,1H3,(H,24,25). The first-order chi connectivity index (χ1) is 12.3. The lowest BCUT2D eigenvalue weighted by molar-refractivity contribution is -0.144. The fourth-order valence-electron chi connectivity index (χ4n) is 2.05. The van der Waals surface area contributed by atoms with Crippen molar-refractivity contribution in [3.8, 4) is 23.2 Å². The fourth-order valence-corrected chi connectivity index (χ4v) is 2.16. The van der Waals surface area contributed by atoms with Crippen molar-refractivity contribution >= 4 is 17.6 Å². The molecule has 0 saturated carbocycles. The Labute approximate surface area is 150 Å². The van der Waals surface area contributed by atoms with Crippen LogP contribution in [-0.2, 0) is 4.79 Å². The third kappa shape index (κ3) is 3.62. The zero-order valence-corrected chi connectivity index (χ0v) is 14.0. The molecule has 2 aromatic heterocycles. The average Bonchev–Trinajstić information content (AvgIpc) is 2.99. The van der Waals surface area contributed by atoms with Gasteiger partial charge in [0.2, 0.25) is 0 Å². The van der Waals surface area contributed by atoms with Crippen molar-refractivity contribution in [2.45, 2.75) is 13.0 Å². The van der Waals surface area contributed by atoms with E-state index in [2.05, 4.69) is 15.1 Å².